The number of hydrogen-bond acceptors (Lipinski definition) is 4. The van der Waals surface area contributed by atoms with Crippen LogP contribution in [0.5, 0.6) is 5.75 Å². The number of para-hydroxylation sites is 3. The second-order valence-electron chi connectivity index (χ2n) is 7.35. The maximum absolute atomic E-state index is 13.2. The lowest BCUT2D eigenvalue weighted by Gasteiger charge is -2.35. The van der Waals surface area contributed by atoms with Crippen molar-refractivity contribution in [2.24, 2.45) is 0 Å². The van der Waals surface area contributed by atoms with Gasteiger partial charge in [-0.25, -0.2) is 9.48 Å². The van der Waals surface area contributed by atoms with Crippen molar-refractivity contribution in [2.75, 3.05) is 25.5 Å². The number of piperazine rings is 1. The van der Waals surface area contributed by atoms with Crippen LogP contribution in [0.4, 0.5) is 10.5 Å². The second kappa shape index (κ2) is 8.51. The second-order valence-corrected chi connectivity index (χ2v) is 7.35. The third kappa shape index (κ3) is 3.84. The molecule has 31 heavy (non-hydrogen) atoms. The summed E-state index contributed by atoms with van der Waals surface area (Å²) < 4.78 is 7.14. The van der Waals surface area contributed by atoms with E-state index in [1.807, 2.05) is 61.0 Å². The molecule has 0 saturated carbocycles. The van der Waals surface area contributed by atoms with Crippen LogP contribution < -0.4 is 15.4 Å². The predicted molar refractivity (Wildman–Crippen MR) is 118 cm³/mol. The number of anilines is 1. The highest BCUT2D eigenvalue weighted by Crippen LogP contribution is 2.31. The molecule has 160 valence electrons. The lowest BCUT2D eigenvalue weighted by molar-refractivity contribution is -0.127. The highest BCUT2D eigenvalue weighted by molar-refractivity contribution is 5.96. The van der Waals surface area contributed by atoms with Gasteiger partial charge < -0.3 is 20.3 Å². The molecule has 1 fully saturated rings. The minimum atomic E-state index is -0.777. The molecule has 2 aromatic carbocycles. The molecular weight excluding hydrogens is 394 g/mol. The summed E-state index contributed by atoms with van der Waals surface area (Å²) in [7, 11) is 1.55. The lowest BCUT2D eigenvalue weighted by atomic mass is 10.0. The highest BCUT2D eigenvalue weighted by Gasteiger charge is 2.38. The van der Waals surface area contributed by atoms with E-state index in [2.05, 4.69) is 15.7 Å². The van der Waals surface area contributed by atoms with Crippen molar-refractivity contribution in [3.05, 3.63) is 71.5 Å². The fourth-order valence-electron chi connectivity index (χ4n) is 3.98. The number of urea groups is 1. The summed E-state index contributed by atoms with van der Waals surface area (Å²) in [6.07, 6.45) is 0. The molecule has 1 saturated heterocycles. The molecule has 3 amide bonds. The molecule has 1 aliphatic heterocycles. The summed E-state index contributed by atoms with van der Waals surface area (Å²) in [6, 6.07) is 15.8. The number of methoxy groups -OCH3 is 1. The first-order valence-corrected chi connectivity index (χ1v) is 10.1. The molecule has 0 bridgehead atoms. The molecule has 0 radical (unpaired) electrons. The van der Waals surface area contributed by atoms with Gasteiger partial charge in [0.15, 0.2) is 0 Å². The van der Waals surface area contributed by atoms with E-state index in [-0.39, 0.29) is 11.9 Å². The first-order valence-electron chi connectivity index (χ1n) is 10.1. The van der Waals surface area contributed by atoms with E-state index in [1.165, 1.54) is 0 Å². The average molecular weight is 419 g/mol. The largest absolute Gasteiger partial charge is 0.495 e. The summed E-state index contributed by atoms with van der Waals surface area (Å²) in [5.41, 5.74) is 3.71. The van der Waals surface area contributed by atoms with Crippen molar-refractivity contribution in [3.63, 3.8) is 0 Å². The lowest BCUT2D eigenvalue weighted by Crippen LogP contribution is -2.53. The van der Waals surface area contributed by atoms with Crippen LogP contribution in [0.25, 0.3) is 5.69 Å². The number of rotatable bonds is 4. The monoisotopic (exact) mass is 419 g/mol. The minimum Gasteiger partial charge on any atom is -0.495 e. The van der Waals surface area contributed by atoms with Gasteiger partial charge in [0.05, 0.1) is 24.2 Å². The van der Waals surface area contributed by atoms with Gasteiger partial charge in [-0.15, -0.1) is 0 Å². The van der Waals surface area contributed by atoms with Crippen LogP contribution in [0.1, 0.15) is 23.0 Å². The van der Waals surface area contributed by atoms with Gasteiger partial charge >= 0.3 is 6.03 Å². The molecule has 4 rings (SSSR count). The van der Waals surface area contributed by atoms with E-state index in [1.54, 1.807) is 24.1 Å². The molecule has 8 nitrogen and oxygen atoms in total. The van der Waals surface area contributed by atoms with Gasteiger partial charge in [-0.1, -0.05) is 30.3 Å². The molecular formula is C23H25N5O3. The van der Waals surface area contributed by atoms with Crippen LogP contribution in [-0.4, -0.2) is 46.8 Å². The number of nitrogens with one attached hydrogen (secondary N) is 2. The minimum absolute atomic E-state index is 0.222. The number of carbonyl (C=O) groups excluding carboxylic acids is 2. The van der Waals surface area contributed by atoms with Gasteiger partial charge in [-0.3, -0.25) is 4.79 Å². The van der Waals surface area contributed by atoms with Crippen molar-refractivity contribution in [1.29, 1.82) is 0 Å². The van der Waals surface area contributed by atoms with Crippen molar-refractivity contribution in [2.45, 2.75) is 19.9 Å². The van der Waals surface area contributed by atoms with E-state index in [0.29, 0.717) is 30.2 Å². The summed E-state index contributed by atoms with van der Waals surface area (Å²) in [6.45, 7) is 4.55. The Bertz CT molecular complexity index is 1110. The number of nitrogens with zero attached hydrogens (tertiary/aromatic N) is 3. The Morgan fingerprint density at radius 2 is 1.84 bits per heavy atom. The molecule has 8 heteroatoms. The van der Waals surface area contributed by atoms with Gasteiger partial charge in [0.1, 0.15) is 11.8 Å². The zero-order chi connectivity index (χ0) is 22.0. The van der Waals surface area contributed by atoms with Crippen molar-refractivity contribution >= 4 is 17.6 Å². The summed E-state index contributed by atoms with van der Waals surface area (Å²) >= 11 is 0. The Balaban J connectivity index is 1.70. The topological polar surface area (TPSA) is 88.5 Å². The predicted octanol–water partition coefficient (Wildman–Crippen LogP) is 3.20. The molecule has 0 spiro atoms. The average Bonchev–Trinajstić information content (AvgIpc) is 3.08. The van der Waals surface area contributed by atoms with E-state index >= 15 is 0 Å². The molecule has 2 heterocycles. The van der Waals surface area contributed by atoms with Crippen molar-refractivity contribution < 1.29 is 14.3 Å². The van der Waals surface area contributed by atoms with Crippen LogP contribution >= 0.6 is 0 Å². The SMILES string of the molecule is COc1ccccc1NC(=O)N1CCNC(=O)[C@@H]1c1c(C)nn(-c2ccccc2)c1C. The molecule has 3 aromatic rings. The van der Waals surface area contributed by atoms with Gasteiger partial charge in [-0.05, 0) is 38.1 Å². The summed E-state index contributed by atoms with van der Waals surface area (Å²) in [5, 5.41) is 10.4. The smallest absolute Gasteiger partial charge is 0.322 e. The zero-order valence-electron chi connectivity index (χ0n) is 17.8. The molecule has 0 unspecified atom stereocenters. The van der Waals surface area contributed by atoms with E-state index in [0.717, 1.165) is 16.9 Å². The number of carbonyl (C=O) groups is 2. The van der Waals surface area contributed by atoms with Crippen molar-refractivity contribution in [3.8, 4) is 11.4 Å². The van der Waals surface area contributed by atoms with E-state index in [4.69, 9.17) is 4.74 Å². The molecule has 1 aliphatic rings. The fourth-order valence-corrected chi connectivity index (χ4v) is 3.98. The number of hydrogen-bond donors (Lipinski definition) is 2. The Morgan fingerprint density at radius 3 is 2.58 bits per heavy atom. The zero-order valence-corrected chi connectivity index (χ0v) is 17.8. The first kappa shape index (κ1) is 20.5. The maximum Gasteiger partial charge on any atom is 0.322 e. The van der Waals surface area contributed by atoms with Gasteiger partial charge in [0, 0.05) is 24.3 Å². The van der Waals surface area contributed by atoms with Crippen LogP contribution in [0, 0.1) is 13.8 Å². The number of aryl methyl sites for hydroxylation is 1. The van der Waals surface area contributed by atoms with E-state index in [9.17, 15) is 9.59 Å². The normalized spacial score (nSPS) is 16.0. The molecule has 0 aliphatic carbocycles. The third-order valence-electron chi connectivity index (χ3n) is 5.44. The quantitative estimate of drug-likeness (QED) is 0.680. The van der Waals surface area contributed by atoms with Crippen LogP contribution in [0.3, 0.4) is 0 Å². The van der Waals surface area contributed by atoms with Gasteiger partial charge in [-0.2, -0.15) is 5.10 Å². The van der Waals surface area contributed by atoms with E-state index < -0.39 is 6.04 Å². The number of amides is 3. The standard InChI is InChI=1S/C23H25N5O3/c1-15-20(16(2)28(26-15)17-9-5-4-6-10-17)21-22(29)24-13-14-27(21)23(30)25-18-11-7-8-12-19(18)31-3/h4-12,21H,13-14H2,1-3H3,(H,24,29)(H,25,30)/t21-/m0/s1. The van der Waals surface area contributed by atoms with Crippen LogP contribution in [-0.2, 0) is 4.79 Å². The van der Waals surface area contributed by atoms with Gasteiger partial charge in [0.2, 0.25) is 5.91 Å². The number of ether oxygens (including phenoxy) is 1. The number of aromatic nitrogens is 2. The summed E-state index contributed by atoms with van der Waals surface area (Å²) in [4.78, 5) is 27.7. The number of benzene rings is 2. The Kier molecular flexibility index (Phi) is 5.62. The molecule has 1 atom stereocenters. The summed E-state index contributed by atoms with van der Waals surface area (Å²) in [5.74, 6) is 0.332. The molecule has 1 aromatic heterocycles. The van der Waals surface area contributed by atoms with Crippen molar-refractivity contribution in [1.82, 2.24) is 20.0 Å². The van der Waals surface area contributed by atoms with Gasteiger partial charge in [0.25, 0.3) is 0 Å². The fraction of sp³-hybridized carbons (Fsp3) is 0.261. The Morgan fingerprint density at radius 1 is 1.13 bits per heavy atom. The highest BCUT2D eigenvalue weighted by atomic mass is 16.5. The third-order valence-corrected chi connectivity index (χ3v) is 5.44. The van der Waals surface area contributed by atoms with Crippen LogP contribution in [0.2, 0.25) is 0 Å². The Labute approximate surface area is 180 Å². The van der Waals surface area contributed by atoms with Crippen LogP contribution in [0.15, 0.2) is 54.6 Å². The first-order chi connectivity index (χ1) is 15.0. The molecule has 2 N–H and O–H groups in total. The maximum atomic E-state index is 13.2. The Hall–Kier alpha value is -3.81.